The molecule has 0 bridgehead atoms. The largest absolute Gasteiger partial charge is 0.370 e. The number of carbonyl (C=O) groups excluding carboxylic acids is 2. The predicted molar refractivity (Wildman–Crippen MR) is 99.4 cm³/mol. The molecule has 0 N–H and O–H groups in total. The zero-order chi connectivity index (χ0) is 18.6. The van der Waals surface area contributed by atoms with Crippen molar-refractivity contribution in [2.24, 2.45) is 5.92 Å². The molecule has 1 aromatic heterocycles. The molecular formula is C21H23N3O3. The molecule has 2 saturated heterocycles. The number of rotatable bonds is 6. The molecule has 0 aliphatic carbocycles. The van der Waals surface area contributed by atoms with E-state index in [0.717, 1.165) is 11.3 Å². The number of benzene rings is 1. The second-order valence-corrected chi connectivity index (χ2v) is 7.16. The van der Waals surface area contributed by atoms with Crippen LogP contribution in [0.5, 0.6) is 0 Å². The van der Waals surface area contributed by atoms with E-state index in [-0.39, 0.29) is 30.3 Å². The number of nitrogens with zero attached hydrogens (tertiary/aromatic N) is 3. The number of likely N-dealkylation sites (tertiary alicyclic amines) is 2. The van der Waals surface area contributed by atoms with Crippen LogP contribution in [0.3, 0.4) is 0 Å². The van der Waals surface area contributed by atoms with E-state index in [1.807, 2.05) is 48.5 Å². The molecule has 6 heteroatoms. The summed E-state index contributed by atoms with van der Waals surface area (Å²) in [6.07, 6.45) is 2.09. The van der Waals surface area contributed by atoms with E-state index in [4.69, 9.17) is 4.74 Å². The Balaban J connectivity index is 1.23. The van der Waals surface area contributed by atoms with Gasteiger partial charge in [0.05, 0.1) is 30.9 Å². The lowest BCUT2D eigenvalue weighted by Gasteiger charge is -2.40. The van der Waals surface area contributed by atoms with Gasteiger partial charge in [0.1, 0.15) is 0 Å². The number of pyridine rings is 1. The van der Waals surface area contributed by atoms with Gasteiger partial charge in [-0.2, -0.15) is 0 Å². The van der Waals surface area contributed by atoms with Crippen LogP contribution in [0.4, 0.5) is 0 Å². The van der Waals surface area contributed by atoms with Gasteiger partial charge in [-0.25, -0.2) is 0 Å². The van der Waals surface area contributed by atoms with Gasteiger partial charge in [-0.05, 0) is 17.7 Å². The first-order valence-electron chi connectivity index (χ1n) is 9.31. The number of aromatic nitrogens is 1. The Hall–Kier alpha value is -2.73. The van der Waals surface area contributed by atoms with Gasteiger partial charge >= 0.3 is 0 Å². The molecule has 27 heavy (non-hydrogen) atoms. The summed E-state index contributed by atoms with van der Waals surface area (Å²) in [4.78, 5) is 32.7. The van der Waals surface area contributed by atoms with E-state index in [1.54, 1.807) is 16.0 Å². The first-order valence-corrected chi connectivity index (χ1v) is 9.31. The fraction of sp³-hybridized carbons (Fsp3) is 0.381. The third-order valence-electron chi connectivity index (χ3n) is 5.13. The molecule has 2 aromatic rings. The van der Waals surface area contributed by atoms with E-state index in [9.17, 15) is 9.59 Å². The fourth-order valence-electron chi connectivity index (χ4n) is 3.55. The van der Waals surface area contributed by atoms with E-state index in [2.05, 4.69) is 4.98 Å². The Labute approximate surface area is 158 Å². The molecule has 1 aromatic carbocycles. The smallest absolute Gasteiger partial charge is 0.228 e. The lowest BCUT2D eigenvalue weighted by Crippen LogP contribution is -2.56. The van der Waals surface area contributed by atoms with Crippen LogP contribution in [0.1, 0.15) is 17.7 Å². The molecule has 1 atom stereocenters. The maximum atomic E-state index is 12.7. The highest BCUT2D eigenvalue weighted by Crippen LogP contribution is 2.25. The molecule has 4 rings (SSSR count). The number of hydrogen-bond donors (Lipinski definition) is 0. The van der Waals surface area contributed by atoms with E-state index in [1.165, 1.54) is 0 Å². The summed E-state index contributed by atoms with van der Waals surface area (Å²) < 4.78 is 5.85. The van der Waals surface area contributed by atoms with Crippen LogP contribution in [0.25, 0.3) is 0 Å². The second-order valence-electron chi connectivity index (χ2n) is 7.16. The minimum atomic E-state index is -0.253. The van der Waals surface area contributed by atoms with Crippen LogP contribution in [-0.4, -0.2) is 52.3 Å². The predicted octanol–water partition coefficient (Wildman–Crippen LogP) is 1.86. The molecule has 0 radical (unpaired) electrons. The van der Waals surface area contributed by atoms with Crippen molar-refractivity contribution in [2.75, 3.05) is 19.6 Å². The molecule has 0 unspecified atom stereocenters. The third kappa shape index (κ3) is 4.17. The molecule has 2 aliphatic heterocycles. The Morgan fingerprint density at radius 3 is 2.59 bits per heavy atom. The lowest BCUT2D eigenvalue weighted by atomic mass is 10.0. The molecule has 140 valence electrons. The van der Waals surface area contributed by atoms with Crippen LogP contribution in [0.15, 0.2) is 54.7 Å². The maximum absolute atomic E-state index is 12.7. The summed E-state index contributed by atoms with van der Waals surface area (Å²) in [5.41, 5.74) is 1.98. The van der Waals surface area contributed by atoms with Crippen molar-refractivity contribution in [1.82, 2.24) is 14.8 Å². The van der Waals surface area contributed by atoms with Crippen LogP contribution in [0, 0.1) is 5.92 Å². The first kappa shape index (κ1) is 17.7. The summed E-state index contributed by atoms with van der Waals surface area (Å²) in [5, 5.41) is 0. The quantitative estimate of drug-likeness (QED) is 0.784. The van der Waals surface area contributed by atoms with Crippen LogP contribution in [-0.2, 0) is 27.5 Å². The second kappa shape index (κ2) is 7.88. The molecule has 2 fully saturated rings. The van der Waals surface area contributed by atoms with Gasteiger partial charge < -0.3 is 14.5 Å². The molecule has 6 nitrogen and oxygen atoms in total. The van der Waals surface area contributed by atoms with Crippen LogP contribution < -0.4 is 0 Å². The number of hydrogen-bond acceptors (Lipinski definition) is 4. The summed E-state index contributed by atoms with van der Waals surface area (Å²) in [5.74, 6) is -0.167. The summed E-state index contributed by atoms with van der Waals surface area (Å²) in [6.45, 7) is 2.72. The molecule has 2 aliphatic rings. The minimum Gasteiger partial charge on any atom is -0.370 e. The van der Waals surface area contributed by atoms with Gasteiger partial charge in [0, 0.05) is 32.3 Å². The van der Waals surface area contributed by atoms with Gasteiger partial charge in [0.25, 0.3) is 0 Å². The van der Waals surface area contributed by atoms with Gasteiger partial charge in [0.15, 0.2) is 0 Å². The van der Waals surface area contributed by atoms with Gasteiger partial charge in [-0.1, -0.05) is 36.4 Å². The zero-order valence-electron chi connectivity index (χ0n) is 15.2. The average molecular weight is 365 g/mol. The monoisotopic (exact) mass is 365 g/mol. The van der Waals surface area contributed by atoms with Gasteiger partial charge in [0.2, 0.25) is 11.8 Å². The van der Waals surface area contributed by atoms with E-state index >= 15 is 0 Å². The summed E-state index contributed by atoms with van der Waals surface area (Å²) in [6, 6.07) is 15.7. The highest BCUT2D eigenvalue weighted by Gasteiger charge is 2.40. The number of ether oxygens (including phenoxy) is 1. The molecular weight excluding hydrogens is 342 g/mol. The van der Waals surface area contributed by atoms with Crippen LogP contribution >= 0.6 is 0 Å². The number of carbonyl (C=O) groups is 2. The molecule has 2 amide bonds. The van der Waals surface area contributed by atoms with Gasteiger partial charge in [-0.3, -0.25) is 14.6 Å². The van der Waals surface area contributed by atoms with Crippen molar-refractivity contribution < 1.29 is 14.3 Å². The minimum absolute atomic E-state index is 0.0244. The lowest BCUT2D eigenvalue weighted by molar-refractivity contribution is -0.150. The topological polar surface area (TPSA) is 62.7 Å². The third-order valence-corrected chi connectivity index (χ3v) is 5.13. The van der Waals surface area contributed by atoms with Gasteiger partial charge in [-0.15, -0.1) is 0 Å². The van der Waals surface area contributed by atoms with E-state index < -0.39 is 0 Å². The van der Waals surface area contributed by atoms with E-state index in [0.29, 0.717) is 32.8 Å². The van der Waals surface area contributed by atoms with Crippen molar-refractivity contribution in [3.63, 3.8) is 0 Å². The molecule has 0 saturated carbocycles. The first-order chi connectivity index (χ1) is 13.2. The Morgan fingerprint density at radius 2 is 1.85 bits per heavy atom. The Kier molecular flexibility index (Phi) is 5.16. The van der Waals surface area contributed by atoms with Crippen molar-refractivity contribution in [2.45, 2.75) is 25.7 Å². The standard InChI is InChI=1S/C21H23N3O3/c25-20-10-17(11-23(20)12-18-8-4-5-9-22-18)21(26)24-13-19(14-24)27-15-16-6-2-1-3-7-16/h1-9,17,19H,10-15H2/t17-/m0/s1. The highest BCUT2D eigenvalue weighted by atomic mass is 16.5. The summed E-state index contributed by atoms with van der Waals surface area (Å²) in [7, 11) is 0. The maximum Gasteiger partial charge on any atom is 0.228 e. The van der Waals surface area contributed by atoms with Crippen molar-refractivity contribution >= 4 is 11.8 Å². The normalized spacial score (nSPS) is 20.0. The van der Waals surface area contributed by atoms with Crippen molar-refractivity contribution in [1.29, 1.82) is 0 Å². The molecule has 3 heterocycles. The summed E-state index contributed by atoms with van der Waals surface area (Å²) >= 11 is 0. The number of amides is 2. The fourth-order valence-corrected chi connectivity index (χ4v) is 3.55. The van der Waals surface area contributed by atoms with Crippen molar-refractivity contribution in [3.05, 3.63) is 66.0 Å². The zero-order valence-corrected chi connectivity index (χ0v) is 15.2. The Morgan fingerprint density at radius 1 is 1.07 bits per heavy atom. The SMILES string of the molecule is O=C1C[C@H](C(=O)N2CC(OCc3ccccc3)C2)CN1Cc1ccccn1. The highest BCUT2D eigenvalue weighted by molar-refractivity contribution is 5.89. The molecule has 0 spiro atoms. The Bertz CT molecular complexity index is 791. The average Bonchev–Trinajstić information content (AvgIpc) is 3.02. The van der Waals surface area contributed by atoms with Crippen molar-refractivity contribution in [3.8, 4) is 0 Å². The van der Waals surface area contributed by atoms with Crippen LogP contribution in [0.2, 0.25) is 0 Å².